The summed E-state index contributed by atoms with van der Waals surface area (Å²) < 4.78 is 4.72. The summed E-state index contributed by atoms with van der Waals surface area (Å²) in [6.07, 6.45) is 0.365. The van der Waals surface area contributed by atoms with E-state index >= 15 is 0 Å². The van der Waals surface area contributed by atoms with Crippen molar-refractivity contribution >= 4 is 6.01 Å². The molecule has 0 atom stereocenters. The summed E-state index contributed by atoms with van der Waals surface area (Å²) in [7, 11) is 0. The highest BCUT2D eigenvalue weighted by atomic mass is 16.4. The Morgan fingerprint density at radius 2 is 2.33 bits per heavy atom. The number of nitrogens with two attached hydrogens (primary N) is 1. The Bertz CT molecular complexity index is 186. The van der Waals surface area contributed by atoms with Gasteiger partial charge in [0.2, 0.25) is 5.89 Å². The van der Waals surface area contributed by atoms with E-state index < -0.39 is 0 Å². The van der Waals surface area contributed by atoms with Crippen molar-refractivity contribution in [2.75, 3.05) is 12.3 Å². The van der Waals surface area contributed by atoms with Gasteiger partial charge in [-0.05, 0) is 0 Å². The van der Waals surface area contributed by atoms with Crippen molar-refractivity contribution in [3.05, 3.63) is 5.89 Å². The van der Waals surface area contributed by atoms with E-state index in [0.717, 1.165) is 0 Å². The molecule has 0 radical (unpaired) electrons. The van der Waals surface area contributed by atoms with E-state index in [1.165, 1.54) is 0 Å². The second kappa shape index (κ2) is 2.45. The first-order valence-corrected chi connectivity index (χ1v) is 2.51. The molecule has 0 unspecified atom stereocenters. The van der Waals surface area contributed by atoms with Crippen LogP contribution in [0.15, 0.2) is 4.42 Å². The van der Waals surface area contributed by atoms with Crippen molar-refractivity contribution in [1.29, 1.82) is 0 Å². The maximum absolute atomic E-state index is 8.36. The molecule has 0 aromatic carbocycles. The van der Waals surface area contributed by atoms with E-state index in [1.54, 1.807) is 0 Å². The molecule has 0 aliphatic heterocycles. The molecule has 1 rings (SSSR count). The summed E-state index contributed by atoms with van der Waals surface area (Å²) >= 11 is 0. The van der Waals surface area contributed by atoms with E-state index in [-0.39, 0.29) is 12.6 Å². The lowest BCUT2D eigenvalue weighted by Crippen LogP contribution is -1.89. The highest BCUT2D eigenvalue weighted by Crippen LogP contribution is 1.99. The summed E-state index contributed by atoms with van der Waals surface area (Å²) in [6, 6.07) is 0.0402. The molecule has 0 spiro atoms. The molecule has 0 bridgehead atoms. The van der Waals surface area contributed by atoms with Crippen molar-refractivity contribution in [3.63, 3.8) is 0 Å². The van der Waals surface area contributed by atoms with Crippen molar-refractivity contribution in [2.24, 2.45) is 0 Å². The van der Waals surface area contributed by atoms with Gasteiger partial charge in [0, 0.05) is 6.42 Å². The predicted molar refractivity (Wildman–Crippen MR) is 29.5 cm³/mol. The van der Waals surface area contributed by atoms with Gasteiger partial charge in [-0.2, -0.15) is 0 Å². The number of anilines is 1. The molecule has 0 aliphatic carbocycles. The molecule has 5 nitrogen and oxygen atoms in total. The molecule has 1 heterocycles. The Labute approximate surface area is 51.5 Å². The maximum atomic E-state index is 8.36. The fourth-order valence-electron chi connectivity index (χ4n) is 0.463. The van der Waals surface area contributed by atoms with Gasteiger partial charge < -0.3 is 15.3 Å². The molecule has 0 saturated carbocycles. The van der Waals surface area contributed by atoms with Gasteiger partial charge in [0.05, 0.1) is 6.61 Å². The van der Waals surface area contributed by atoms with Crippen molar-refractivity contribution < 1.29 is 9.52 Å². The number of hydrogen-bond donors (Lipinski definition) is 2. The normalized spacial score (nSPS) is 9.89. The van der Waals surface area contributed by atoms with Crippen molar-refractivity contribution in [3.8, 4) is 0 Å². The Morgan fingerprint density at radius 1 is 1.56 bits per heavy atom. The average molecular weight is 129 g/mol. The number of rotatable bonds is 2. The molecular formula is C4H7N3O2. The number of aliphatic hydroxyl groups is 1. The minimum Gasteiger partial charge on any atom is -0.408 e. The summed E-state index contributed by atoms with van der Waals surface area (Å²) in [5.74, 6) is 0.370. The first kappa shape index (κ1) is 6.03. The minimum absolute atomic E-state index is 0.00162. The van der Waals surface area contributed by atoms with Crippen LogP contribution in [0.1, 0.15) is 5.89 Å². The third-order valence-corrected chi connectivity index (χ3v) is 0.808. The highest BCUT2D eigenvalue weighted by molar-refractivity contribution is 5.04. The summed E-state index contributed by atoms with van der Waals surface area (Å²) in [6.45, 7) is 0.00162. The van der Waals surface area contributed by atoms with E-state index in [0.29, 0.717) is 12.3 Å². The lowest BCUT2D eigenvalue weighted by Gasteiger charge is -1.83. The first-order valence-electron chi connectivity index (χ1n) is 2.51. The third kappa shape index (κ3) is 1.39. The summed E-state index contributed by atoms with van der Waals surface area (Å²) in [4.78, 5) is 0. The van der Waals surface area contributed by atoms with Gasteiger partial charge in [-0.3, -0.25) is 0 Å². The van der Waals surface area contributed by atoms with Gasteiger partial charge in [-0.1, -0.05) is 5.10 Å². The minimum atomic E-state index is 0.00162. The zero-order valence-electron chi connectivity index (χ0n) is 4.74. The highest BCUT2D eigenvalue weighted by Gasteiger charge is 1.99. The molecule has 50 valence electrons. The van der Waals surface area contributed by atoms with E-state index in [2.05, 4.69) is 10.2 Å². The fourth-order valence-corrected chi connectivity index (χ4v) is 0.463. The van der Waals surface area contributed by atoms with Gasteiger partial charge in [-0.15, -0.1) is 5.10 Å². The number of aromatic nitrogens is 2. The molecule has 3 N–H and O–H groups in total. The van der Waals surface area contributed by atoms with Gasteiger partial charge in [0.1, 0.15) is 0 Å². The third-order valence-electron chi connectivity index (χ3n) is 0.808. The van der Waals surface area contributed by atoms with Gasteiger partial charge in [0.15, 0.2) is 0 Å². The van der Waals surface area contributed by atoms with Crippen LogP contribution >= 0.6 is 0 Å². The predicted octanol–water partition coefficient (Wildman–Crippen LogP) is -0.813. The average Bonchev–Trinajstić information content (AvgIpc) is 2.17. The van der Waals surface area contributed by atoms with Crippen LogP contribution in [0, 0.1) is 0 Å². The van der Waals surface area contributed by atoms with Crippen molar-refractivity contribution in [1.82, 2.24) is 10.2 Å². The summed E-state index contributed by atoms with van der Waals surface area (Å²) in [5.41, 5.74) is 5.09. The maximum Gasteiger partial charge on any atom is 0.312 e. The van der Waals surface area contributed by atoms with Crippen LogP contribution in [0.5, 0.6) is 0 Å². The lowest BCUT2D eigenvalue weighted by atomic mass is 10.5. The molecule has 0 amide bonds. The van der Waals surface area contributed by atoms with Gasteiger partial charge in [-0.25, -0.2) is 0 Å². The molecule has 0 fully saturated rings. The van der Waals surface area contributed by atoms with Crippen LogP contribution in [0.3, 0.4) is 0 Å². The van der Waals surface area contributed by atoms with Crippen molar-refractivity contribution in [2.45, 2.75) is 6.42 Å². The van der Waals surface area contributed by atoms with Crippen LogP contribution in [-0.4, -0.2) is 21.9 Å². The monoisotopic (exact) mass is 129 g/mol. The van der Waals surface area contributed by atoms with Gasteiger partial charge >= 0.3 is 6.01 Å². The Kier molecular flexibility index (Phi) is 1.64. The number of hydrogen-bond acceptors (Lipinski definition) is 5. The van der Waals surface area contributed by atoms with Crippen LogP contribution in [-0.2, 0) is 6.42 Å². The van der Waals surface area contributed by atoms with E-state index in [9.17, 15) is 0 Å². The summed E-state index contributed by atoms with van der Waals surface area (Å²) in [5, 5.41) is 15.2. The van der Waals surface area contributed by atoms with Crippen LogP contribution in [0.25, 0.3) is 0 Å². The topological polar surface area (TPSA) is 85.2 Å². The molecule has 9 heavy (non-hydrogen) atoms. The number of nitrogen functional groups attached to an aromatic ring is 1. The molecule has 1 aromatic rings. The Morgan fingerprint density at radius 3 is 2.78 bits per heavy atom. The molecule has 0 saturated heterocycles. The molecule has 5 heteroatoms. The zero-order valence-corrected chi connectivity index (χ0v) is 4.74. The second-order valence-electron chi connectivity index (χ2n) is 1.51. The smallest absolute Gasteiger partial charge is 0.312 e. The zero-order chi connectivity index (χ0) is 6.69. The fraction of sp³-hybridized carbons (Fsp3) is 0.500. The van der Waals surface area contributed by atoms with Gasteiger partial charge in [0.25, 0.3) is 0 Å². The van der Waals surface area contributed by atoms with Crippen LogP contribution in [0.2, 0.25) is 0 Å². The lowest BCUT2D eigenvalue weighted by molar-refractivity contribution is 0.286. The Hall–Kier alpha value is -1.10. The standard InChI is InChI=1S/C4H7N3O2/c5-4-7-6-3(9-4)1-2-8/h8H,1-2H2,(H2,5,7). The quantitative estimate of drug-likeness (QED) is 0.545. The Balaban J connectivity index is 2.61. The molecule has 1 aromatic heterocycles. The molecule has 0 aliphatic rings. The second-order valence-corrected chi connectivity index (χ2v) is 1.51. The SMILES string of the molecule is Nc1nnc(CCO)o1. The number of aliphatic hydroxyl groups excluding tert-OH is 1. The van der Waals surface area contributed by atoms with Crippen LogP contribution < -0.4 is 5.73 Å². The number of nitrogens with zero attached hydrogens (tertiary/aromatic N) is 2. The molecular weight excluding hydrogens is 122 g/mol. The van der Waals surface area contributed by atoms with Crippen LogP contribution in [0.4, 0.5) is 6.01 Å². The van der Waals surface area contributed by atoms with E-state index in [4.69, 9.17) is 15.3 Å². The first-order chi connectivity index (χ1) is 4.33. The largest absolute Gasteiger partial charge is 0.408 e. The van der Waals surface area contributed by atoms with E-state index in [1.807, 2.05) is 0 Å².